The first-order valence-electron chi connectivity index (χ1n) is 16.1. The first-order chi connectivity index (χ1) is 17.7. The second kappa shape index (κ2) is 9.77. The average molecular weight is 516 g/mol. The molecule has 0 spiro atoms. The molecule has 4 aliphatic carbocycles. The summed E-state index contributed by atoms with van der Waals surface area (Å²) < 4.78 is 7.18. The fraction of sp³-hybridized carbons (Fsp3) is 0.969. The number of likely N-dealkylation sites (tertiary alicyclic amines) is 2. The lowest BCUT2D eigenvalue weighted by atomic mass is 9.44. The molecule has 6 rings (SSSR count). The molecule has 37 heavy (non-hydrogen) atoms. The van der Waals surface area contributed by atoms with Crippen LogP contribution in [0, 0.1) is 34.5 Å². The van der Waals surface area contributed by atoms with Gasteiger partial charge in [0.2, 0.25) is 0 Å². The van der Waals surface area contributed by atoms with Gasteiger partial charge >= 0.3 is 5.97 Å². The number of carbonyl (C=O) groups excluding carboxylic acids is 1. The maximum Gasteiger partial charge on any atom is 0.302 e. The zero-order chi connectivity index (χ0) is 26.0. The van der Waals surface area contributed by atoms with E-state index in [-0.39, 0.29) is 23.6 Å². The first-order valence-corrected chi connectivity index (χ1v) is 16.1. The summed E-state index contributed by atoms with van der Waals surface area (Å²) in [5.41, 5.74) is 0.421. The molecule has 6 fully saturated rings. The first kappa shape index (κ1) is 26.6. The normalized spacial score (nSPS) is 50.0. The molecule has 10 atom stereocenters. The van der Waals surface area contributed by atoms with Crippen molar-refractivity contribution in [2.24, 2.45) is 34.5 Å². The number of hydrogen-bond donors (Lipinski definition) is 1. The number of fused-ring (bicyclic) bond motifs is 5. The van der Waals surface area contributed by atoms with Gasteiger partial charge in [-0.3, -0.25) is 9.69 Å². The van der Waals surface area contributed by atoms with Gasteiger partial charge in [-0.1, -0.05) is 20.3 Å². The Kier molecular flexibility index (Phi) is 7.01. The van der Waals surface area contributed by atoms with Crippen LogP contribution in [0.3, 0.4) is 0 Å². The summed E-state index contributed by atoms with van der Waals surface area (Å²) in [6.07, 6.45) is 16.4. The Hall–Kier alpha value is -0.650. The highest BCUT2D eigenvalue weighted by molar-refractivity contribution is 5.66. The van der Waals surface area contributed by atoms with Gasteiger partial charge < -0.3 is 14.3 Å². The van der Waals surface area contributed by atoms with Crippen molar-refractivity contribution >= 4 is 5.97 Å². The minimum atomic E-state index is -0.145. The van der Waals surface area contributed by atoms with Gasteiger partial charge in [0.15, 0.2) is 0 Å². The van der Waals surface area contributed by atoms with Gasteiger partial charge in [0.25, 0.3) is 0 Å². The predicted molar refractivity (Wildman–Crippen MR) is 147 cm³/mol. The third-order valence-electron chi connectivity index (χ3n) is 13.4. The van der Waals surface area contributed by atoms with Gasteiger partial charge in [-0.15, -0.1) is 0 Å². The smallest absolute Gasteiger partial charge is 0.302 e. The highest BCUT2D eigenvalue weighted by atomic mass is 16.5. The van der Waals surface area contributed by atoms with Crippen molar-refractivity contribution in [3.8, 4) is 0 Å². The molecule has 0 amide bonds. The highest BCUT2D eigenvalue weighted by Crippen LogP contribution is 2.67. The number of hydrogen-bond acceptors (Lipinski definition) is 4. The van der Waals surface area contributed by atoms with Gasteiger partial charge in [0.05, 0.1) is 20.1 Å². The SMILES string of the molecule is CC(=O)O[C@H]1C[C@@H]2CCC3C(CCC4(C)C3C[C@H]([N+]3(C)CCCCC3)[C@@H]4O)C2(C)C[C@@H]1N1CCCCC1. The monoisotopic (exact) mass is 515 g/mol. The highest BCUT2D eigenvalue weighted by Gasteiger charge is 2.66. The van der Waals surface area contributed by atoms with Crippen LogP contribution < -0.4 is 0 Å². The number of rotatable bonds is 3. The lowest BCUT2D eigenvalue weighted by Crippen LogP contribution is -2.61. The van der Waals surface area contributed by atoms with Gasteiger partial charge in [-0.05, 0) is 113 Å². The van der Waals surface area contributed by atoms with Crippen molar-refractivity contribution in [3.63, 3.8) is 0 Å². The summed E-state index contributed by atoms with van der Waals surface area (Å²) in [6.45, 7) is 11.6. The molecule has 6 aliphatic rings. The second-order valence-electron chi connectivity index (χ2n) is 15.2. The van der Waals surface area contributed by atoms with Crippen molar-refractivity contribution < 1.29 is 19.1 Å². The quantitative estimate of drug-likeness (QED) is 0.404. The molecule has 2 heterocycles. The van der Waals surface area contributed by atoms with E-state index in [4.69, 9.17) is 4.74 Å². The van der Waals surface area contributed by atoms with Crippen LogP contribution in [0.15, 0.2) is 0 Å². The molecule has 0 bridgehead atoms. The van der Waals surface area contributed by atoms with Gasteiger partial charge in [-0.25, -0.2) is 0 Å². The van der Waals surface area contributed by atoms with Crippen LogP contribution in [0.2, 0.25) is 0 Å². The van der Waals surface area contributed by atoms with E-state index in [0.717, 1.165) is 22.7 Å². The molecule has 0 aromatic carbocycles. The molecular formula is C32H55N2O3+. The standard InChI is InChI=1S/C32H55N2O3/c1-22(35)37-29-19-23-11-12-24-25(32(23,3)21-27(29)33-15-7-5-8-16-33)13-14-31(2)26(24)20-28(30(31)36)34(4)17-9-6-10-18-34/h23-30,36H,5-21H2,1-4H3/q+1/t23-,24?,25?,26?,27-,28-,29-,30-,31?,32?/m0/s1. The summed E-state index contributed by atoms with van der Waals surface area (Å²) >= 11 is 0. The molecule has 0 aromatic rings. The van der Waals surface area contributed by atoms with Gasteiger partial charge in [0.1, 0.15) is 18.2 Å². The summed E-state index contributed by atoms with van der Waals surface area (Å²) in [4.78, 5) is 14.8. The van der Waals surface area contributed by atoms with Crippen molar-refractivity contribution in [2.45, 2.75) is 129 Å². The Morgan fingerprint density at radius 2 is 1.62 bits per heavy atom. The van der Waals surface area contributed by atoms with Crippen molar-refractivity contribution in [3.05, 3.63) is 0 Å². The molecule has 5 heteroatoms. The third-order valence-corrected chi connectivity index (χ3v) is 13.4. The number of nitrogens with zero attached hydrogens (tertiary/aromatic N) is 2. The van der Waals surface area contributed by atoms with Crippen LogP contribution in [0.4, 0.5) is 0 Å². The van der Waals surface area contributed by atoms with E-state index < -0.39 is 0 Å². The maximum absolute atomic E-state index is 12.1. The van der Waals surface area contributed by atoms with E-state index in [9.17, 15) is 9.90 Å². The number of esters is 1. The van der Waals surface area contributed by atoms with E-state index in [1.807, 2.05) is 0 Å². The van der Waals surface area contributed by atoms with E-state index in [0.29, 0.717) is 29.3 Å². The van der Waals surface area contributed by atoms with Gasteiger partial charge in [0, 0.05) is 24.8 Å². The number of aliphatic hydroxyl groups excluding tert-OH is 1. The van der Waals surface area contributed by atoms with E-state index in [2.05, 4.69) is 25.8 Å². The molecule has 2 aliphatic heterocycles. The molecule has 2 saturated heterocycles. The zero-order valence-electron chi connectivity index (χ0n) is 24.3. The summed E-state index contributed by atoms with van der Waals surface area (Å²) in [5, 5.41) is 11.9. The van der Waals surface area contributed by atoms with E-state index >= 15 is 0 Å². The number of aliphatic hydroxyl groups is 1. The Labute approximate surface area is 226 Å². The Morgan fingerprint density at radius 1 is 0.919 bits per heavy atom. The van der Waals surface area contributed by atoms with Crippen molar-refractivity contribution in [2.75, 3.05) is 33.2 Å². The average Bonchev–Trinajstić information content (AvgIpc) is 3.16. The third kappa shape index (κ3) is 4.32. The largest absolute Gasteiger partial charge is 0.461 e. The lowest BCUT2D eigenvalue weighted by molar-refractivity contribution is -0.940. The summed E-state index contributed by atoms with van der Waals surface area (Å²) in [7, 11) is 2.46. The molecule has 0 aromatic heterocycles. The van der Waals surface area contributed by atoms with Crippen LogP contribution >= 0.6 is 0 Å². The molecule has 5 nitrogen and oxygen atoms in total. The molecule has 4 saturated carbocycles. The fourth-order valence-corrected chi connectivity index (χ4v) is 11.4. The number of likely N-dealkylation sites (N-methyl/N-ethyl adjacent to an activating group) is 1. The minimum Gasteiger partial charge on any atom is -0.461 e. The maximum atomic E-state index is 12.1. The Balaban J connectivity index is 1.26. The van der Waals surface area contributed by atoms with Gasteiger partial charge in [-0.2, -0.15) is 0 Å². The molecule has 1 N–H and O–H groups in total. The molecule has 210 valence electrons. The fourth-order valence-electron chi connectivity index (χ4n) is 11.4. The lowest BCUT2D eigenvalue weighted by Gasteiger charge is -2.62. The van der Waals surface area contributed by atoms with Crippen molar-refractivity contribution in [1.82, 2.24) is 4.90 Å². The number of piperidine rings is 2. The van der Waals surface area contributed by atoms with Crippen LogP contribution in [-0.4, -0.2) is 78.0 Å². The van der Waals surface area contributed by atoms with Crippen LogP contribution in [0.25, 0.3) is 0 Å². The number of carbonyl (C=O) groups is 1. The molecule has 5 unspecified atom stereocenters. The predicted octanol–water partition coefficient (Wildman–Crippen LogP) is 5.40. The Bertz CT molecular complexity index is 851. The number of quaternary nitrogens is 1. The number of ether oxygens (including phenoxy) is 1. The van der Waals surface area contributed by atoms with Crippen LogP contribution in [0.5, 0.6) is 0 Å². The van der Waals surface area contributed by atoms with E-state index in [1.54, 1.807) is 6.92 Å². The zero-order valence-corrected chi connectivity index (χ0v) is 24.3. The molecule has 0 radical (unpaired) electrons. The second-order valence-corrected chi connectivity index (χ2v) is 15.2. The van der Waals surface area contributed by atoms with Crippen LogP contribution in [0.1, 0.15) is 104 Å². The van der Waals surface area contributed by atoms with Crippen LogP contribution in [-0.2, 0) is 9.53 Å². The topological polar surface area (TPSA) is 49.8 Å². The Morgan fingerprint density at radius 3 is 2.32 bits per heavy atom. The molecular weight excluding hydrogens is 460 g/mol. The van der Waals surface area contributed by atoms with E-state index in [1.165, 1.54) is 103 Å². The minimum absolute atomic E-state index is 0.0697. The summed E-state index contributed by atoms with van der Waals surface area (Å²) in [5.74, 6) is 2.74. The summed E-state index contributed by atoms with van der Waals surface area (Å²) in [6, 6.07) is 0.817. The van der Waals surface area contributed by atoms with Crippen molar-refractivity contribution in [1.29, 1.82) is 0 Å².